The lowest BCUT2D eigenvalue weighted by atomic mass is 9.88. The Labute approximate surface area is 90.1 Å². The fourth-order valence-electron chi connectivity index (χ4n) is 3.35. The first kappa shape index (κ1) is 12.0. The number of hydrogen-bond donors (Lipinski definition) is 0. The standard InChI is InChI=1S/C13H28N/c1-5-9-14(10-6-2)11-7-8-12(3)13(14)4/h12-13H,5-11H2,1-4H3/q+1. The summed E-state index contributed by atoms with van der Waals surface area (Å²) in [6, 6.07) is 0.892. The molecule has 1 rings (SSSR count). The van der Waals surface area contributed by atoms with Crippen LogP contribution in [0.4, 0.5) is 0 Å². The van der Waals surface area contributed by atoms with Crippen LogP contribution in [-0.2, 0) is 0 Å². The Hall–Kier alpha value is -0.0400. The predicted octanol–water partition coefficient (Wildman–Crippen LogP) is 3.44. The van der Waals surface area contributed by atoms with E-state index in [-0.39, 0.29) is 0 Å². The fraction of sp³-hybridized carbons (Fsp3) is 1.00. The molecule has 0 aromatic rings. The van der Waals surface area contributed by atoms with Crippen molar-refractivity contribution >= 4 is 0 Å². The molecule has 1 aliphatic rings. The fourth-order valence-corrected chi connectivity index (χ4v) is 3.35. The van der Waals surface area contributed by atoms with E-state index in [0.29, 0.717) is 0 Å². The van der Waals surface area contributed by atoms with Crippen molar-refractivity contribution in [3.05, 3.63) is 0 Å². The summed E-state index contributed by atoms with van der Waals surface area (Å²) in [6.45, 7) is 13.8. The average Bonchev–Trinajstić information content (AvgIpc) is 2.15. The number of quaternary nitrogens is 1. The van der Waals surface area contributed by atoms with Gasteiger partial charge in [-0.05, 0) is 32.6 Å². The molecule has 0 saturated carbocycles. The van der Waals surface area contributed by atoms with E-state index in [1.165, 1.54) is 49.8 Å². The van der Waals surface area contributed by atoms with E-state index in [1.54, 1.807) is 0 Å². The van der Waals surface area contributed by atoms with Crippen molar-refractivity contribution in [3.8, 4) is 0 Å². The van der Waals surface area contributed by atoms with Crippen molar-refractivity contribution in [3.63, 3.8) is 0 Å². The van der Waals surface area contributed by atoms with E-state index < -0.39 is 0 Å². The lowest BCUT2D eigenvalue weighted by molar-refractivity contribution is -0.957. The molecule has 0 aliphatic carbocycles. The molecule has 1 heteroatoms. The quantitative estimate of drug-likeness (QED) is 0.607. The molecular weight excluding hydrogens is 170 g/mol. The normalized spacial score (nSPS) is 31.7. The molecule has 2 unspecified atom stereocenters. The van der Waals surface area contributed by atoms with E-state index in [2.05, 4.69) is 27.7 Å². The second-order valence-corrected chi connectivity index (χ2v) is 5.25. The average molecular weight is 198 g/mol. The highest BCUT2D eigenvalue weighted by Crippen LogP contribution is 2.30. The van der Waals surface area contributed by atoms with Crippen LogP contribution >= 0.6 is 0 Å². The maximum atomic E-state index is 2.48. The second kappa shape index (κ2) is 5.16. The molecule has 0 aromatic heterocycles. The van der Waals surface area contributed by atoms with Gasteiger partial charge in [0.1, 0.15) is 0 Å². The summed E-state index contributed by atoms with van der Waals surface area (Å²) >= 11 is 0. The van der Waals surface area contributed by atoms with Gasteiger partial charge in [-0.1, -0.05) is 20.8 Å². The summed E-state index contributed by atoms with van der Waals surface area (Å²) in [7, 11) is 0. The molecule has 0 spiro atoms. The van der Waals surface area contributed by atoms with E-state index in [0.717, 1.165) is 12.0 Å². The van der Waals surface area contributed by atoms with Crippen LogP contribution in [-0.4, -0.2) is 30.2 Å². The highest BCUT2D eigenvalue weighted by molar-refractivity contribution is 4.69. The summed E-state index contributed by atoms with van der Waals surface area (Å²) in [6.07, 6.45) is 5.59. The van der Waals surface area contributed by atoms with Gasteiger partial charge in [0, 0.05) is 5.92 Å². The Morgan fingerprint density at radius 1 is 1.07 bits per heavy atom. The summed E-state index contributed by atoms with van der Waals surface area (Å²) in [5, 5.41) is 0. The van der Waals surface area contributed by atoms with Crippen LogP contribution in [0.1, 0.15) is 53.4 Å². The van der Waals surface area contributed by atoms with Crippen molar-refractivity contribution in [1.29, 1.82) is 0 Å². The number of hydrogen-bond acceptors (Lipinski definition) is 0. The van der Waals surface area contributed by atoms with Gasteiger partial charge in [-0.2, -0.15) is 0 Å². The molecule has 14 heavy (non-hydrogen) atoms. The van der Waals surface area contributed by atoms with Crippen molar-refractivity contribution in [2.24, 2.45) is 5.92 Å². The third kappa shape index (κ3) is 2.31. The van der Waals surface area contributed by atoms with Gasteiger partial charge in [0.25, 0.3) is 0 Å². The molecule has 1 nitrogen and oxygen atoms in total. The van der Waals surface area contributed by atoms with E-state index in [9.17, 15) is 0 Å². The minimum Gasteiger partial charge on any atom is -0.321 e. The van der Waals surface area contributed by atoms with Gasteiger partial charge in [0.2, 0.25) is 0 Å². The summed E-state index contributed by atoms with van der Waals surface area (Å²) in [4.78, 5) is 0. The largest absolute Gasteiger partial charge is 0.321 e. The lowest BCUT2D eigenvalue weighted by Gasteiger charge is -2.49. The van der Waals surface area contributed by atoms with Gasteiger partial charge >= 0.3 is 0 Å². The number of piperidine rings is 1. The van der Waals surface area contributed by atoms with Crippen LogP contribution in [0, 0.1) is 5.92 Å². The first-order valence-electron chi connectivity index (χ1n) is 6.52. The van der Waals surface area contributed by atoms with Crippen LogP contribution in [0.5, 0.6) is 0 Å². The van der Waals surface area contributed by atoms with Crippen LogP contribution in [0.25, 0.3) is 0 Å². The zero-order valence-electron chi connectivity index (χ0n) is 10.6. The number of rotatable bonds is 4. The Morgan fingerprint density at radius 2 is 1.64 bits per heavy atom. The smallest absolute Gasteiger partial charge is 0.0887 e. The summed E-state index contributed by atoms with van der Waals surface area (Å²) in [5.41, 5.74) is 0. The number of nitrogens with zero attached hydrogens (tertiary/aromatic N) is 1. The summed E-state index contributed by atoms with van der Waals surface area (Å²) in [5.74, 6) is 0.932. The molecule has 0 amide bonds. The van der Waals surface area contributed by atoms with Gasteiger partial charge in [0.15, 0.2) is 0 Å². The monoisotopic (exact) mass is 198 g/mol. The first-order chi connectivity index (χ1) is 6.66. The molecule has 1 heterocycles. The van der Waals surface area contributed by atoms with Gasteiger partial charge in [0.05, 0.1) is 25.7 Å². The van der Waals surface area contributed by atoms with Gasteiger partial charge in [-0.15, -0.1) is 0 Å². The van der Waals surface area contributed by atoms with Gasteiger partial charge in [-0.3, -0.25) is 0 Å². The lowest BCUT2D eigenvalue weighted by Crippen LogP contribution is -2.60. The van der Waals surface area contributed by atoms with E-state index in [1.807, 2.05) is 0 Å². The molecule has 0 aromatic carbocycles. The van der Waals surface area contributed by atoms with Crippen LogP contribution in [0.2, 0.25) is 0 Å². The van der Waals surface area contributed by atoms with Crippen LogP contribution < -0.4 is 0 Å². The highest BCUT2D eigenvalue weighted by Gasteiger charge is 2.38. The Bertz CT molecular complexity index is 153. The maximum Gasteiger partial charge on any atom is 0.0887 e. The molecule has 1 saturated heterocycles. The summed E-state index contributed by atoms with van der Waals surface area (Å²) < 4.78 is 1.41. The Balaban J connectivity index is 2.71. The molecule has 0 N–H and O–H groups in total. The zero-order valence-corrected chi connectivity index (χ0v) is 10.6. The Kier molecular flexibility index (Phi) is 4.43. The minimum atomic E-state index is 0.892. The molecule has 84 valence electrons. The van der Waals surface area contributed by atoms with Gasteiger partial charge in [-0.25, -0.2) is 0 Å². The number of likely N-dealkylation sites (tertiary alicyclic amines) is 1. The molecule has 0 radical (unpaired) electrons. The maximum absolute atomic E-state index is 2.48. The zero-order chi connectivity index (χ0) is 10.6. The molecule has 0 bridgehead atoms. The third-order valence-electron chi connectivity index (χ3n) is 4.29. The predicted molar refractivity (Wildman–Crippen MR) is 63.3 cm³/mol. The van der Waals surface area contributed by atoms with Crippen molar-refractivity contribution in [2.45, 2.75) is 59.4 Å². The van der Waals surface area contributed by atoms with E-state index in [4.69, 9.17) is 0 Å². The molecule has 1 fully saturated rings. The van der Waals surface area contributed by atoms with Crippen molar-refractivity contribution in [1.82, 2.24) is 0 Å². The van der Waals surface area contributed by atoms with Crippen molar-refractivity contribution in [2.75, 3.05) is 19.6 Å². The van der Waals surface area contributed by atoms with Crippen LogP contribution in [0.15, 0.2) is 0 Å². The van der Waals surface area contributed by atoms with E-state index >= 15 is 0 Å². The molecule has 2 atom stereocenters. The third-order valence-corrected chi connectivity index (χ3v) is 4.29. The van der Waals surface area contributed by atoms with Gasteiger partial charge < -0.3 is 4.48 Å². The highest BCUT2D eigenvalue weighted by atomic mass is 15.4. The molecule has 1 aliphatic heterocycles. The SMILES string of the molecule is CCC[N+]1(CCC)CCCC(C)C1C. The molecular formula is C13H28N+. The minimum absolute atomic E-state index is 0.892. The van der Waals surface area contributed by atoms with Crippen LogP contribution in [0.3, 0.4) is 0 Å². The first-order valence-corrected chi connectivity index (χ1v) is 6.52. The topological polar surface area (TPSA) is 0 Å². The van der Waals surface area contributed by atoms with Crippen molar-refractivity contribution < 1.29 is 4.48 Å². The second-order valence-electron chi connectivity index (χ2n) is 5.25. The Morgan fingerprint density at radius 3 is 2.14 bits per heavy atom.